The van der Waals surface area contributed by atoms with Gasteiger partial charge in [0.1, 0.15) is 0 Å². The first-order valence-corrected chi connectivity index (χ1v) is 2.96. The molecule has 1 aromatic rings. The molecule has 0 spiro atoms. The molecule has 0 aliphatic heterocycles. The van der Waals surface area contributed by atoms with Gasteiger partial charge in [-0.25, -0.2) is 0 Å². The van der Waals surface area contributed by atoms with Gasteiger partial charge in [-0.05, 0) is 18.2 Å². The maximum absolute atomic E-state index is 5.56. The summed E-state index contributed by atoms with van der Waals surface area (Å²) >= 11 is 11.1. The van der Waals surface area contributed by atoms with Crippen molar-refractivity contribution in [3.63, 3.8) is 0 Å². The average Bonchev–Trinajstić information content (AvgIpc) is 1.64. The van der Waals surface area contributed by atoms with Crippen LogP contribution in [0.25, 0.3) is 0 Å². The Balaban J connectivity index is 0.000000640. The highest BCUT2D eigenvalue weighted by Gasteiger charge is 1.84. The van der Waals surface area contributed by atoms with E-state index >= 15 is 0 Å². The summed E-state index contributed by atoms with van der Waals surface area (Å²) in [6.45, 7) is 0. The normalized spacial score (nSPS) is 8.22. The fraction of sp³-hybridized carbons (Fsp3) is 0. The Labute approximate surface area is 66.4 Å². The Bertz CT molecular complexity index is 171. The van der Waals surface area contributed by atoms with Crippen molar-refractivity contribution in [2.45, 2.75) is 0 Å². The zero-order valence-corrected chi connectivity index (χ0v) is 5.58. The van der Waals surface area contributed by atoms with Crippen LogP contribution in [-0.4, -0.2) is 8.41 Å². The first-order chi connectivity index (χ1) is 3.79. The molecular weight excluding hydrogens is 154 g/mol. The molecule has 1 rings (SSSR count). The zero-order valence-electron chi connectivity index (χ0n) is 4.07. The highest BCUT2D eigenvalue weighted by atomic mass is 35.5. The Morgan fingerprint density at radius 2 is 1.44 bits per heavy atom. The lowest BCUT2D eigenvalue weighted by Gasteiger charge is -1.86. The van der Waals surface area contributed by atoms with Gasteiger partial charge in [0.05, 0.1) is 8.41 Å². The second-order valence-corrected chi connectivity index (χ2v) is 2.31. The molecule has 0 heterocycles. The maximum atomic E-state index is 5.56. The first-order valence-electron chi connectivity index (χ1n) is 2.20. The van der Waals surface area contributed by atoms with Gasteiger partial charge in [0.25, 0.3) is 0 Å². The topological polar surface area (TPSA) is 0 Å². The molecule has 0 atom stereocenters. The van der Waals surface area contributed by atoms with Gasteiger partial charge in [-0.15, -0.1) is 0 Å². The standard InChI is InChI=1S/C6H4Cl2.BH3/c7-5-2-1-3-6(8)4-5;/h1-4H;1H3. The minimum Gasteiger partial charge on any atom is -0.0843 e. The van der Waals surface area contributed by atoms with Crippen LogP contribution in [0.4, 0.5) is 0 Å². The van der Waals surface area contributed by atoms with Crippen LogP contribution in [0.3, 0.4) is 0 Å². The van der Waals surface area contributed by atoms with Crippen molar-refractivity contribution in [2.75, 3.05) is 0 Å². The molecule has 0 N–H and O–H groups in total. The SMILES string of the molecule is B.Clc1cccc(Cl)c1. The molecule has 0 saturated carbocycles. The number of halogens is 2. The lowest BCUT2D eigenvalue weighted by atomic mass is 10.4. The summed E-state index contributed by atoms with van der Waals surface area (Å²) in [4.78, 5) is 0. The van der Waals surface area contributed by atoms with E-state index in [2.05, 4.69) is 0 Å². The molecule has 0 radical (unpaired) electrons. The molecule has 0 unspecified atom stereocenters. The lowest BCUT2D eigenvalue weighted by molar-refractivity contribution is 1.71. The van der Waals surface area contributed by atoms with Crippen LogP contribution in [0.2, 0.25) is 10.0 Å². The van der Waals surface area contributed by atoms with Gasteiger partial charge < -0.3 is 0 Å². The molecule has 1 aromatic carbocycles. The van der Waals surface area contributed by atoms with Crippen LogP contribution in [0.15, 0.2) is 24.3 Å². The Morgan fingerprint density at radius 3 is 1.67 bits per heavy atom. The van der Waals surface area contributed by atoms with E-state index in [0.717, 1.165) is 0 Å². The molecule has 0 aliphatic carbocycles. The predicted molar refractivity (Wildman–Crippen MR) is 46.4 cm³/mol. The third-order valence-corrected chi connectivity index (χ3v) is 1.26. The fourth-order valence-electron chi connectivity index (χ4n) is 0.460. The van der Waals surface area contributed by atoms with E-state index in [9.17, 15) is 0 Å². The minimum absolute atomic E-state index is 0. The lowest BCUT2D eigenvalue weighted by Crippen LogP contribution is -1.61. The fourth-order valence-corrected chi connectivity index (χ4v) is 0.896. The van der Waals surface area contributed by atoms with Gasteiger partial charge in [-0.1, -0.05) is 29.3 Å². The maximum Gasteiger partial charge on any atom is 0.0814 e. The van der Waals surface area contributed by atoms with E-state index in [-0.39, 0.29) is 8.41 Å². The highest BCUT2D eigenvalue weighted by Crippen LogP contribution is 2.13. The molecule has 3 heteroatoms. The van der Waals surface area contributed by atoms with Gasteiger partial charge in [0.15, 0.2) is 0 Å². The Morgan fingerprint density at radius 1 is 1.00 bits per heavy atom. The first kappa shape index (κ1) is 8.86. The second-order valence-electron chi connectivity index (χ2n) is 1.44. The predicted octanol–water partition coefficient (Wildman–Crippen LogP) is 1.81. The monoisotopic (exact) mass is 160 g/mol. The van der Waals surface area contributed by atoms with Gasteiger partial charge in [-0.3, -0.25) is 0 Å². The van der Waals surface area contributed by atoms with E-state index in [1.165, 1.54) is 0 Å². The third-order valence-electron chi connectivity index (χ3n) is 0.787. The summed E-state index contributed by atoms with van der Waals surface area (Å²) in [5.41, 5.74) is 0. The van der Waals surface area contributed by atoms with Crippen LogP contribution in [-0.2, 0) is 0 Å². The summed E-state index contributed by atoms with van der Waals surface area (Å²) in [6, 6.07) is 7.08. The number of benzene rings is 1. The van der Waals surface area contributed by atoms with E-state index in [4.69, 9.17) is 23.2 Å². The molecular formula is C6H7BCl2. The quantitative estimate of drug-likeness (QED) is 0.508. The molecule has 0 aromatic heterocycles. The van der Waals surface area contributed by atoms with Crippen molar-refractivity contribution in [3.05, 3.63) is 34.3 Å². The summed E-state index contributed by atoms with van der Waals surface area (Å²) in [5.74, 6) is 0. The van der Waals surface area contributed by atoms with Crippen molar-refractivity contribution >= 4 is 31.6 Å². The molecule has 0 nitrogen and oxygen atoms in total. The summed E-state index contributed by atoms with van der Waals surface area (Å²) < 4.78 is 0. The van der Waals surface area contributed by atoms with Gasteiger partial charge in [-0.2, -0.15) is 0 Å². The molecule has 0 saturated heterocycles. The number of hydrogen-bond donors (Lipinski definition) is 0. The van der Waals surface area contributed by atoms with Gasteiger partial charge in [0, 0.05) is 10.0 Å². The van der Waals surface area contributed by atoms with Crippen molar-refractivity contribution in [2.24, 2.45) is 0 Å². The summed E-state index contributed by atoms with van der Waals surface area (Å²) in [6.07, 6.45) is 0. The van der Waals surface area contributed by atoms with Crippen LogP contribution < -0.4 is 0 Å². The molecule has 0 aliphatic rings. The number of rotatable bonds is 0. The van der Waals surface area contributed by atoms with Crippen molar-refractivity contribution in [1.29, 1.82) is 0 Å². The molecule has 9 heavy (non-hydrogen) atoms. The smallest absolute Gasteiger partial charge is 0.0814 e. The Hall–Kier alpha value is -0.135. The van der Waals surface area contributed by atoms with Crippen LogP contribution in [0.5, 0.6) is 0 Å². The molecule has 0 amide bonds. The van der Waals surface area contributed by atoms with Crippen LogP contribution in [0.1, 0.15) is 0 Å². The number of hydrogen-bond acceptors (Lipinski definition) is 0. The second kappa shape index (κ2) is 3.81. The molecule has 0 fully saturated rings. The molecule has 48 valence electrons. The minimum atomic E-state index is 0. The Kier molecular flexibility index (Phi) is 3.75. The van der Waals surface area contributed by atoms with Crippen molar-refractivity contribution in [3.8, 4) is 0 Å². The van der Waals surface area contributed by atoms with Crippen LogP contribution >= 0.6 is 23.2 Å². The highest BCUT2D eigenvalue weighted by molar-refractivity contribution is 6.34. The molecule has 0 bridgehead atoms. The third kappa shape index (κ3) is 2.78. The van der Waals surface area contributed by atoms with E-state index in [1.54, 1.807) is 18.2 Å². The van der Waals surface area contributed by atoms with Gasteiger partial charge in [0.2, 0.25) is 0 Å². The summed E-state index contributed by atoms with van der Waals surface area (Å²) in [5, 5.41) is 1.36. The average molecular weight is 161 g/mol. The van der Waals surface area contributed by atoms with E-state index in [0.29, 0.717) is 10.0 Å². The van der Waals surface area contributed by atoms with Gasteiger partial charge >= 0.3 is 0 Å². The summed E-state index contributed by atoms with van der Waals surface area (Å²) in [7, 11) is 0. The van der Waals surface area contributed by atoms with Crippen LogP contribution in [0, 0.1) is 0 Å². The van der Waals surface area contributed by atoms with E-state index < -0.39 is 0 Å². The van der Waals surface area contributed by atoms with Crippen molar-refractivity contribution in [1.82, 2.24) is 0 Å². The zero-order chi connectivity index (χ0) is 5.98. The largest absolute Gasteiger partial charge is 0.0843 e. The van der Waals surface area contributed by atoms with E-state index in [1.807, 2.05) is 6.07 Å². The van der Waals surface area contributed by atoms with Crippen molar-refractivity contribution < 1.29 is 0 Å².